The van der Waals surface area contributed by atoms with Crippen molar-refractivity contribution < 1.29 is 17.9 Å². The molecule has 8 heteroatoms. The highest BCUT2D eigenvalue weighted by Gasteiger charge is 2.30. The second kappa shape index (κ2) is 10.7. The van der Waals surface area contributed by atoms with Crippen molar-refractivity contribution in [3.05, 3.63) is 94.9 Å². The van der Waals surface area contributed by atoms with Gasteiger partial charge >= 0.3 is 6.18 Å². The maximum Gasteiger partial charge on any atom is 0.416 e. The number of pyridine rings is 1. The van der Waals surface area contributed by atoms with E-state index >= 15 is 0 Å². The third kappa shape index (κ3) is 6.47. The van der Waals surface area contributed by atoms with E-state index in [-0.39, 0.29) is 0 Å². The van der Waals surface area contributed by atoms with E-state index in [1.165, 1.54) is 11.6 Å². The van der Waals surface area contributed by atoms with Gasteiger partial charge in [-0.25, -0.2) is 0 Å². The van der Waals surface area contributed by atoms with Gasteiger partial charge in [0.2, 0.25) is 0 Å². The number of rotatable bonds is 9. The van der Waals surface area contributed by atoms with Crippen LogP contribution in [0.4, 0.5) is 13.2 Å². The fourth-order valence-corrected chi connectivity index (χ4v) is 3.90. The molecule has 4 rings (SSSR count). The van der Waals surface area contributed by atoms with Crippen molar-refractivity contribution in [1.29, 1.82) is 0 Å². The number of halogens is 3. The zero-order chi connectivity index (χ0) is 24.8. The van der Waals surface area contributed by atoms with Gasteiger partial charge in [0, 0.05) is 29.6 Å². The zero-order valence-corrected chi connectivity index (χ0v) is 19.7. The van der Waals surface area contributed by atoms with Crippen molar-refractivity contribution in [2.24, 2.45) is 0 Å². The molecule has 0 saturated carbocycles. The highest BCUT2D eigenvalue weighted by molar-refractivity contribution is 5.61. The first kappa shape index (κ1) is 24.4. The van der Waals surface area contributed by atoms with E-state index in [9.17, 15) is 13.2 Å². The zero-order valence-electron chi connectivity index (χ0n) is 19.7. The fourth-order valence-electron chi connectivity index (χ4n) is 3.90. The minimum absolute atomic E-state index is 0.333. The summed E-state index contributed by atoms with van der Waals surface area (Å²) in [4.78, 5) is 4.52. The third-order valence-electron chi connectivity index (χ3n) is 5.88. The molecule has 2 heterocycles. The van der Waals surface area contributed by atoms with Gasteiger partial charge in [0.1, 0.15) is 12.4 Å². The molecule has 0 aliphatic heterocycles. The van der Waals surface area contributed by atoms with E-state index in [0.717, 1.165) is 60.5 Å². The van der Waals surface area contributed by atoms with Gasteiger partial charge in [-0.05, 0) is 68.5 Å². The van der Waals surface area contributed by atoms with Crippen LogP contribution in [-0.4, -0.2) is 20.0 Å². The second-order valence-corrected chi connectivity index (χ2v) is 8.53. The largest absolute Gasteiger partial charge is 0.489 e. The maximum absolute atomic E-state index is 13.0. The van der Waals surface area contributed by atoms with Gasteiger partial charge in [0.25, 0.3) is 0 Å². The lowest BCUT2D eigenvalue weighted by atomic mass is 10.0. The number of nitrogens with zero attached hydrogens (tertiary/aromatic N) is 4. The lowest BCUT2D eigenvalue weighted by molar-refractivity contribution is -0.137. The fraction of sp³-hybridized carbons (Fsp3) is 0.296. The van der Waals surface area contributed by atoms with E-state index in [4.69, 9.17) is 4.74 Å². The summed E-state index contributed by atoms with van der Waals surface area (Å²) in [5.74, 6) is 0.803. The highest BCUT2D eigenvalue weighted by Crippen LogP contribution is 2.32. The Balaban J connectivity index is 1.34. The summed E-state index contributed by atoms with van der Waals surface area (Å²) in [6, 6.07) is 15.0. The van der Waals surface area contributed by atoms with Crippen molar-refractivity contribution in [2.45, 2.75) is 52.4 Å². The van der Waals surface area contributed by atoms with Crippen LogP contribution in [0.1, 0.15) is 40.8 Å². The van der Waals surface area contributed by atoms with Gasteiger partial charge in [-0.2, -0.15) is 13.2 Å². The number of aromatic nitrogens is 4. The molecule has 182 valence electrons. The highest BCUT2D eigenvalue weighted by atomic mass is 19.4. The summed E-state index contributed by atoms with van der Waals surface area (Å²) >= 11 is 0. The van der Waals surface area contributed by atoms with E-state index in [1.54, 1.807) is 18.3 Å². The molecule has 0 radical (unpaired) electrons. The number of ether oxygens (including phenoxy) is 1. The smallest absolute Gasteiger partial charge is 0.416 e. The molecule has 0 atom stereocenters. The molecule has 2 aromatic heterocycles. The van der Waals surface area contributed by atoms with E-state index in [2.05, 4.69) is 27.4 Å². The van der Waals surface area contributed by atoms with Crippen LogP contribution in [0.2, 0.25) is 0 Å². The van der Waals surface area contributed by atoms with Crippen molar-refractivity contribution in [2.75, 3.05) is 0 Å². The van der Waals surface area contributed by atoms with E-state index in [1.807, 2.05) is 36.9 Å². The number of alkyl halides is 3. The molecule has 0 fully saturated rings. The summed E-state index contributed by atoms with van der Waals surface area (Å²) < 4.78 is 47.0. The molecule has 0 bridgehead atoms. The monoisotopic (exact) mass is 480 g/mol. The van der Waals surface area contributed by atoms with Crippen LogP contribution < -0.4 is 4.74 Å². The molecule has 35 heavy (non-hydrogen) atoms. The van der Waals surface area contributed by atoms with E-state index < -0.39 is 11.7 Å². The lowest BCUT2D eigenvalue weighted by Crippen LogP contribution is -2.05. The van der Waals surface area contributed by atoms with Crippen LogP contribution in [0.15, 0.2) is 67.0 Å². The lowest BCUT2D eigenvalue weighted by Gasteiger charge is -2.13. The average Bonchev–Trinajstić information content (AvgIpc) is 3.35. The predicted octanol–water partition coefficient (Wildman–Crippen LogP) is 6.58. The molecule has 0 amide bonds. The second-order valence-electron chi connectivity index (χ2n) is 8.53. The molecule has 2 aromatic carbocycles. The number of benzene rings is 2. The summed E-state index contributed by atoms with van der Waals surface area (Å²) in [5.41, 5.74) is 4.18. The number of aryl methyl sites for hydroxylation is 4. The molecule has 4 aromatic rings. The van der Waals surface area contributed by atoms with Gasteiger partial charge < -0.3 is 4.74 Å². The Labute approximate surface area is 202 Å². The van der Waals surface area contributed by atoms with Gasteiger partial charge in [-0.1, -0.05) is 35.5 Å². The summed E-state index contributed by atoms with van der Waals surface area (Å²) in [5, 5.41) is 7.79. The molecule has 0 N–H and O–H groups in total. The summed E-state index contributed by atoms with van der Waals surface area (Å²) in [6.07, 6.45) is 2.24. The van der Waals surface area contributed by atoms with Crippen molar-refractivity contribution in [1.82, 2.24) is 20.0 Å². The molecule has 0 aliphatic rings. The van der Waals surface area contributed by atoms with Crippen molar-refractivity contribution >= 4 is 0 Å². The quantitative estimate of drug-likeness (QED) is 0.254. The van der Waals surface area contributed by atoms with Crippen LogP contribution in [0.3, 0.4) is 0 Å². The standard InChI is InChI=1S/C27H27F3N4O/c1-19-16-21(6-3-4-14-34-15-13-31-33-34)9-12-26(19)35-18-23-10-11-25(32-20(23)2)22-7-5-8-24(17-22)27(28,29)30/h5,7-13,15-17H,3-4,6,14,18H2,1-2H3. The minimum Gasteiger partial charge on any atom is -0.489 e. The third-order valence-corrected chi connectivity index (χ3v) is 5.88. The van der Waals surface area contributed by atoms with Crippen LogP contribution in [0.25, 0.3) is 11.3 Å². The van der Waals surface area contributed by atoms with Gasteiger partial charge in [-0.3, -0.25) is 9.67 Å². The molecule has 0 saturated heterocycles. The average molecular weight is 481 g/mol. The number of hydrogen-bond acceptors (Lipinski definition) is 4. The molecule has 0 aliphatic carbocycles. The Bertz CT molecular complexity index is 1270. The first-order valence-electron chi connectivity index (χ1n) is 11.5. The normalized spacial score (nSPS) is 11.6. The Morgan fingerprint density at radius 1 is 0.971 bits per heavy atom. The van der Waals surface area contributed by atoms with Crippen LogP contribution >= 0.6 is 0 Å². The molecular weight excluding hydrogens is 453 g/mol. The molecule has 5 nitrogen and oxygen atoms in total. The van der Waals surface area contributed by atoms with Crippen LogP contribution in [0.5, 0.6) is 5.75 Å². The Hall–Kier alpha value is -3.68. The summed E-state index contributed by atoms with van der Waals surface area (Å²) in [7, 11) is 0. The maximum atomic E-state index is 13.0. The van der Waals surface area contributed by atoms with Gasteiger partial charge in [0.05, 0.1) is 17.5 Å². The predicted molar refractivity (Wildman–Crippen MR) is 128 cm³/mol. The Morgan fingerprint density at radius 2 is 1.83 bits per heavy atom. The topological polar surface area (TPSA) is 52.8 Å². The Morgan fingerprint density at radius 3 is 2.54 bits per heavy atom. The SMILES string of the molecule is Cc1cc(CCCCn2ccnn2)ccc1OCc1ccc(-c2cccc(C(F)(F)F)c2)nc1C. The first-order valence-corrected chi connectivity index (χ1v) is 11.5. The molecule has 0 spiro atoms. The first-order chi connectivity index (χ1) is 16.8. The Kier molecular flexibility index (Phi) is 7.48. The van der Waals surface area contributed by atoms with Crippen molar-refractivity contribution in [3.8, 4) is 17.0 Å². The molecular formula is C27H27F3N4O. The number of hydrogen-bond donors (Lipinski definition) is 0. The van der Waals surface area contributed by atoms with Gasteiger partial charge in [-0.15, -0.1) is 5.10 Å². The van der Waals surface area contributed by atoms with Crippen molar-refractivity contribution in [3.63, 3.8) is 0 Å². The van der Waals surface area contributed by atoms with E-state index in [0.29, 0.717) is 17.9 Å². The van der Waals surface area contributed by atoms with Crippen LogP contribution in [-0.2, 0) is 25.7 Å². The van der Waals surface area contributed by atoms with Crippen LogP contribution in [0, 0.1) is 13.8 Å². The van der Waals surface area contributed by atoms with Gasteiger partial charge in [0.15, 0.2) is 0 Å². The minimum atomic E-state index is -4.38. The number of unbranched alkanes of at least 4 members (excludes halogenated alkanes) is 1. The molecule has 0 unspecified atom stereocenters. The summed E-state index contributed by atoms with van der Waals surface area (Å²) in [6.45, 7) is 5.06.